The van der Waals surface area contributed by atoms with Gasteiger partial charge in [0.25, 0.3) is 0 Å². The molecule has 3 rings (SSSR count). The summed E-state index contributed by atoms with van der Waals surface area (Å²) >= 11 is 0. The lowest BCUT2D eigenvalue weighted by Gasteiger charge is -2.29. The SMILES string of the molecule is CC(C)c1ccc(N2CC(C(=O)N(Cc3ccccc3)C(C)C)CC2=O)cc1. The van der Waals surface area contributed by atoms with Gasteiger partial charge in [0, 0.05) is 31.2 Å². The predicted octanol–water partition coefficient (Wildman–Crippen LogP) is 4.60. The van der Waals surface area contributed by atoms with Gasteiger partial charge in [0.1, 0.15) is 0 Å². The van der Waals surface area contributed by atoms with Crippen molar-refractivity contribution in [1.82, 2.24) is 4.90 Å². The molecule has 1 heterocycles. The second-order valence-electron chi connectivity index (χ2n) is 8.20. The molecule has 4 nitrogen and oxygen atoms in total. The van der Waals surface area contributed by atoms with Gasteiger partial charge in [-0.25, -0.2) is 0 Å². The molecule has 0 spiro atoms. The zero-order valence-electron chi connectivity index (χ0n) is 17.3. The molecule has 1 aliphatic heterocycles. The standard InChI is InChI=1S/C24H30N2O2/c1-17(2)20-10-12-22(13-11-20)26-16-21(14-23(26)27)24(28)25(18(3)4)15-19-8-6-5-7-9-19/h5-13,17-18,21H,14-16H2,1-4H3. The maximum Gasteiger partial charge on any atom is 0.228 e. The molecular formula is C24H30N2O2. The smallest absolute Gasteiger partial charge is 0.228 e. The molecule has 2 aromatic carbocycles. The maximum absolute atomic E-state index is 13.2. The third-order valence-corrected chi connectivity index (χ3v) is 5.45. The van der Waals surface area contributed by atoms with Gasteiger partial charge in [0.15, 0.2) is 0 Å². The van der Waals surface area contributed by atoms with E-state index in [0.29, 0.717) is 19.0 Å². The first-order valence-electron chi connectivity index (χ1n) is 10.1. The molecule has 1 saturated heterocycles. The van der Waals surface area contributed by atoms with Gasteiger partial charge < -0.3 is 9.80 Å². The van der Waals surface area contributed by atoms with Crippen LogP contribution in [0.5, 0.6) is 0 Å². The Kier molecular flexibility index (Phi) is 6.18. The van der Waals surface area contributed by atoms with Crippen LogP contribution >= 0.6 is 0 Å². The van der Waals surface area contributed by atoms with E-state index < -0.39 is 0 Å². The Hall–Kier alpha value is -2.62. The van der Waals surface area contributed by atoms with Gasteiger partial charge in [0.2, 0.25) is 11.8 Å². The molecule has 4 heteroatoms. The Morgan fingerprint density at radius 1 is 1.04 bits per heavy atom. The lowest BCUT2D eigenvalue weighted by Crippen LogP contribution is -2.41. The molecule has 1 aliphatic rings. The van der Waals surface area contributed by atoms with Crippen LogP contribution < -0.4 is 4.90 Å². The van der Waals surface area contributed by atoms with Crippen molar-refractivity contribution in [3.63, 3.8) is 0 Å². The van der Waals surface area contributed by atoms with Gasteiger partial charge in [-0.2, -0.15) is 0 Å². The van der Waals surface area contributed by atoms with Crippen molar-refractivity contribution in [2.75, 3.05) is 11.4 Å². The lowest BCUT2D eigenvalue weighted by molar-refractivity contribution is -0.138. The largest absolute Gasteiger partial charge is 0.336 e. The Balaban J connectivity index is 1.72. The van der Waals surface area contributed by atoms with Crippen molar-refractivity contribution in [3.8, 4) is 0 Å². The number of benzene rings is 2. The number of carbonyl (C=O) groups excluding carboxylic acids is 2. The molecule has 0 N–H and O–H groups in total. The van der Waals surface area contributed by atoms with Crippen molar-refractivity contribution in [2.45, 2.75) is 52.6 Å². The molecule has 148 valence electrons. The molecule has 0 bridgehead atoms. The van der Waals surface area contributed by atoms with Crippen molar-refractivity contribution in [1.29, 1.82) is 0 Å². The van der Waals surface area contributed by atoms with Gasteiger partial charge in [-0.1, -0.05) is 56.3 Å². The number of hydrogen-bond acceptors (Lipinski definition) is 2. The number of amides is 2. The van der Waals surface area contributed by atoms with Gasteiger partial charge in [-0.15, -0.1) is 0 Å². The van der Waals surface area contributed by atoms with E-state index in [4.69, 9.17) is 0 Å². The summed E-state index contributed by atoms with van der Waals surface area (Å²) in [4.78, 5) is 29.5. The number of hydrogen-bond donors (Lipinski definition) is 0. The summed E-state index contributed by atoms with van der Waals surface area (Å²) in [5.41, 5.74) is 3.23. The van der Waals surface area contributed by atoms with Crippen LogP contribution in [0.15, 0.2) is 54.6 Å². The molecule has 1 fully saturated rings. The van der Waals surface area contributed by atoms with Crippen LogP contribution in [-0.2, 0) is 16.1 Å². The minimum atomic E-state index is -0.289. The minimum Gasteiger partial charge on any atom is -0.336 e. The van der Waals surface area contributed by atoms with E-state index in [0.717, 1.165) is 11.3 Å². The molecule has 2 aromatic rings. The normalized spacial score (nSPS) is 16.9. The van der Waals surface area contributed by atoms with Crippen molar-refractivity contribution >= 4 is 17.5 Å². The van der Waals surface area contributed by atoms with Crippen LogP contribution in [-0.4, -0.2) is 29.3 Å². The molecule has 1 unspecified atom stereocenters. The second-order valence-corrected chi connectivity index (χ2v) is 8.20. The van der Waals surface area contributed by atoms with Gasteiger partial charge >= 0.3 is 0 Å². The average Bonchev–Trinajstić information content (AvgIpc) is 3.08. The molecule has 0 radical (unpaired) electrons. The number of carbonyl (C=O) groups is 2. The van der Waals surface area contributed by atoms with E-state index in [9.17, 15) is 9.59 Å². The zero-order chi connectivity index (χ0) is 20.3. The highest BCUT2D eigenvalue weighted by molar-refractivity contribution is 6.00. The summed E-state index contributed by atoms with van der Waals surface area (Å²) in [6.45, 7) is 9.39. The average molecular weight is 379 g/mol. The van der Waals surface area contributed by atoms with Crippen molar-refractivity contribution < 1.29 is 9.59 Å². The van der Waals surface area contributed by atoms with Gasteiger partial charge in [-0.3, -0.25) is 9.59 Å². The second kappa shape index (κ2) is 8.59. The Morgan fingerprint density at radius 2 is 1.68 bits per heavy atom. The van der Waals surface area contributed by atoms with E-state index in [2.05, 4.69) is 26.0 Å². The van der Waals surface area contributed by atoms with Crippen LogP contribution in [0.4, 0.5) is 5.69 Å². The van der Waals surface area contributed by atoms with Crippen LogP contribution in [0, 0.1) is 5.92 Å². The summed E-state index contributed by atoms with van der Waals surface area (Å²) in [5.74, 6) is 0.256. The molecule has 0 aromatic heterocycles. The monoisotopic (exact) mass is 378 g/mol. The highest BCUT2D eigenvalue weighted by Gasteiger charge is 2.37. The number of anilines is 1. The number of rotatable bonds is 6. The highest BCUT2D eigenvalue weighted by atomic mass is 16.2. The summed E-state index contributed by atoms with van der Waals surface area (Å²) < 4.78 is 0. The van der Waals surface area contributed by atoms with Crippen molar-refractivity contribution in [3.05, 3.63) is 65.7 Å². The topological polar surface area (TPSA) is 40.6 Å². The Labute approximate surface area is 168 Å². The predicted molar refractivity (Wildman–Crippen MR) is 113 cm³/mol. The Bertz CT molecular complexity index is 812. The molecule has 2 amide bonds. The third kappa shape index (κ3) is 4.44. The van der Waals surface area contributed by atoms with Crippen LogP contribution in [0.1, 0.15) is 51.2 Å². The van der Waals surface area contributed by atoms with Crippen LogP contribution in [0.25, 0.3) is 0 Å². The third-order valence-electron chi connectivity index (χ3n) is 5.45. The first-order valence-corrected chi connectivity index (χ1v) is 10.1. The van der Waals surface area contributed by atoms with Crippen molar-refractivity contribution in [2.24, 2.45) is 5.92 Å². The van der Waals surface area contributed by atoms with Gasteiger partial charge in [0.05, 0.1) is 5.92 Å². The fourth-order valence-corrected chi connectivity index (χ4v) is 3.69. The van der Waals surface area contributed by atoms with E-state index in [1.54, 1.807) is 4.90 Å². The summed E-state index contributed by atoms with van der Waals surface area (Å²) in [5, 5.41) is 0. The van der Waals surface area contributed by atoms with Crippen LogP contribution in [0.3, 0.4) is 0 Å². The summed E-state index contributed by atoms with van der Waals surface area (Å²) in [6, 6.07) is 18.2. The van der Waals surface area contributed by atoms with Crippen LogP contribution in [0.2, 0.25) is 0 Å². The molecule has 0 saturated carbocycles. The van der Waals surface area contributed by atoms with E-state index in [-0.39, 0.29) is 30.2 Å². The first kappa shape index (κ1) is 20.1. The summed E-state index contributed by atoms with van der Waals surface area (Å²) in [6.07, 6.45) is 0.281. The molecular weight excluding hydrogens is 348 g/mol. The minimum absolute atomic E-state index is 0.0269. The first-order chi connectivity index (χ1) is 13.4. The van der Waals surface area contributed by atoms with E-state index in [1.807, 2.05) is 61.2 Å². The fourth-order valence-electron chi connectivity index (χ4n) is 3.69. The lowest BCUT2D eigenvalue weighted by atomic mass is 10.0. The molecule has 1 atom stereocenters. The molecule has 0 aliphatic carbocycles. The zero-order valence-corrected chi connectivity index (χ0v) is 17.3. The van der Waals surface area contributed by atoms with E-state index >= 15 is 0 Å². The fraction of sp³-hybridized carbons (Fsp3) is 0.417. The maximum atomic E-state index is 13.2. The van der Waals surface area contributed by atoms with E-state index in [1.165, 1.54) is 5.56 Å². The quantitative estimate of drug-likeness (QED) is 0.737. The number of nitrogens with zero attached hydrogens (tertiary/aromatic N) is 2. The molecule has 28 heavy (non-hydrogen) atoms. The highest BCUT2D eigenvalue weighted by Crippen LogP contribution is 2.28. The van der Waals surface area contributed by atoms with Gasteiger partial charge in [-0.05, 0) is 43.0 Å². The Morgan fingerprint density at radius 3 is 2.25 bits per heavy atom. The summed E-state index contributed by atoms with van der Waals surface area (Å²) in [7, 11) is 0.